The first-order chi connectivity index (χ1) is 24.3. The Morgan fingerprint density at radius 2 is 1.00 bits per heavy atom. The lowest BCUT2D eigenvalue weighted by Crippen LogP contribution is -1.96. The SMILES string of the molecule is c1ccc2cc(-c3ccc4c(c3)c3ccn(-c5ccc6ccccc6c5)c3c3ccn(-c5cccc6c5sc5ccccc56)c43)ccc2c1. The number of thiophene rings is 1. The molecule has 0 radical (unpaired) electrons. The molecule has 11 aromatic rings. The molecule has 0 aliphatic heterocycles. The average Bonchev–Trinajstić information content (AvgIpc) is 3.90. The Balaban J connectivity index is 1.23. The van der Waals surface area contributed by atoms with Crippen molar-refractivity contribution in [1.29, 1.82) is 0 Å². The number of fused-ring (bicyclic) bond motifs is 11. The van der Waals surface area contributed by atoms with Crippen LogP contribution in [0.3, 0.4) is 0 Å². The van der Waals surface area contributed by atoms with Crippen LogP contribution >= 0.6 is 11.3 Å². The summed E-state index contributed by atoms with van der Waals surface area (Å²) in [6, 6.07) is 58.0. The molecule has 3 heteroatoms. The third-order valence-corrected chi connectivity index (χ3v) is 11.5. The van der Waals surface area contributed by atoms with E-state index in [0.29, 0.717) is 0 Å². The minimum atomic E-state index is 1.17. The molecule has 0 N–H and O–H groups in total. The molecular formula is C46H28N2S. The molecule has 2 nitrogen and oxygen atoms in total. The summed E-state index contributed by atoms with van der Waals surface area (Å²) in [5.74, 6) is 0. The molecule has 0 atom stereocenters. The summed E-state index contributed by atoms with van der Waals surface area (Å²) in [6.45, 7) is 0. The van der Waals surface area contributed by atoms with Crippen molar-refractivity contribution in [2.24, 2.45) is 0 Å². The molecule has 0 aliphatic rings. The highest BCUT2D eigenvalue weighted by molar-refractivity contribution is 7.26. The molecule has 228 valence electrons. The lowest BCUT2D eigenvalue weighted by Gasteiger charge is -2.14. The highest BCUT2D eigenvalue weighted by Gasteiger charge is 2.19. The summed E-state index contributed by atoms with van der Waals surface area (Å²) in [5.41, 5.74) is 7.31. The highest BCUT2D eigenvalue weighted by Crippen LogP contribution is 2.43. The van der Waals surface area contributed by atoms with Crippen LogP contribution in [0.5, 0.6) is 0 Å². The zero-order valence-electron chi connectivity index (χ0n) is 26.5. The van der Waals surface area contributed by atoms with Crippen LogP contribution in [0.1, 0.15) is 0 Å². The van der Waals surface area contributed by atoms with Gasteiger partial charge >= 0.3 is 0 Å². The summed E-state index contributed by atoms with van der Waals surface area (Å²) in [7, 11) is 0. The van der Waals surface area contributed by atoms with Crippen molar-refractivity contribution in [3.63, 3.8) is 0 Å². The van der Waals surface area contributed by atoms with E-state index in [1.54, 1.807) is 0 Å². The third-order valence-electron chi connectivity index (χ3n) is 10.3. The predicted molar refractivity (Wildman–Crippen MR) is 211 cm³/mol. The van der Waals surface area contributed by atoms with Gasteiger partial charge in [0.1, 0.15) is 0 Å². The summed E-state index contributed by atoms with van der Waals surface area (Å²) in [4.78, 5) is 0. The molecule has 0 fully saturated rings. The number of aromatic nitrogens is 2. The summed E-state index contributed by atoms with van der Waals surface area (Å²) < 4.78 is 7.45. The number of benzene rings is 8. The molecule has 0 saturated heterocycles. The molecule has 8 aromatic carbocycles. The highest BCUT2D eigenvalue weighted by atomic mass is 32.1. The number of hydrogen-bond donors (Lipinski definition) is 0. The molecule has 0 saturated carbocycles. The number of nitrogens with zero attached hydrogens (tertiary/aromatic N) is 2. The normalized spacial score (nSPS) is 12.1. The van der Waals surface area contributed by atoms with Gasteiger partial charge in [-0.2, -0.15) is 0 Å². The largest absolute Gasteiger partial charge is 0.316 e. The van der Waals surface area contributed by atoms with Crippen molar-refractivity contribution in [2.75, 3.05) is 0 Å². The molecule has 3 heterocycles. The fraction of sp³-hybridized carbons (Fsp3) is 0. The molecule has 0 amide bonds. The lowest BCUT2D eigenvalue weighted by molar-refractivity contribution is 1.14. The first-order valence-electron chi connectivity index (χ1n) is 16.8. The quantitative estimate of drug-likeness (QED) is 0.182. The van der Waals surface area contributed by atoms with Crippen molar-refractivity contribution >= 4 is 85.6 Å². The topological polar surface area (TPSA) is 9.86 Å². The lowest BCUT2D eigenvalue weighted by atomic mass is 9.96. The van der Waals surface area contributed by atoms with Gasteiger partial charge in [-0.25, -0.2) is 0 Å². The zero-order chi connectivity index (χ0) is 32.1. The van der Waals surface area contributed by atoms with E-state index >= 15 is 0 Å². The van der Waals surface area contributed by atoms with Crippen LogP contribution in [-0.4, -0.2) is 9.13 Å². The Kier molecular flexibility index (Phi) is 5.57. The van der Waals surface area contributed by atoms with Gasteiger partial charge in [0.05, 0.1) is 21.4 Å². The Hall–Kier alpha value is -6.16. The fourth-order valence-electron chi connectivity index (χ4n) is 8.01. The number of rotatable bonds is 3. The van der Waals surface area contributed by atoms with Crippen LogP contribution in [0.25, 0.3) is 96.8 Å². The molecule has 0 aliphatic carbocycles. The van der Waals surface area contributed by atoms with Crippen molar-refractivity contribution in [3.05, 3.63) is 170 Å². The van der Waals surface area contributed by atoms with Gasteiger partial charge in [0.25, 0.3) is 0 Å². The third kappa shape index (κ3) is 3.94. The molecule has 0 spiro atoms. The Bertz CT molecular complexity index is 3120. The maximum absolute atomic E-state index is 2.43. The maximum atomic E-state index is 2.43. The first kappa shape index (κ1) is 26.9. The van der Waals surface area contributed by atoms with E-state index in [2.05, 4.69) is 179 Å². The van der Waals surface area contributed by atoms with E-state index in [1.807, 2.05) is 11.3 Å². The van der Waals surface area contributed by atoms with Crippen LogP contribution in [0.4, 0.5) is 0 Å². The minimum absolute atomic E-state index is 1.17. The van der Waals surface area contributed by atoms with E-state index in [1.165, 1.54) is 96.8 Å². The van der Waals surface area contributed by atoms with Crippen LogP contribution in [-0.2, 0) is 0 Å². The smallest absolute Gasteiger partial charge is 0.0634 e. The molecular weight excluding hydrogens is 613 g/mol. The van der Waals surface area contributed by atoms with Crippen LogP contribution < -0.4 is 0 Å². The minimum Gasteiger partial charge on any atom is -0.316 e. The summed E-state index contributed by atoms with van der Waals surface area (Å²) in [5, 5.41) is 12.7. The Morgan fingerprint density at radius 3 is 1.88 bits per heavy atom. The van der Waals surface area contributed by atoms with E-state index in [9.17, 15) is 0 Å². The molecule has 11 rings (SSSR count). The van der Waals surface area contributed by atoms with Gasteiger partial charge < -0.3 is 9.13 Å². The molecule has 49 heavy (non-hydrogen) atoms. The van der Waals surface area contributed by atoms with Crippen molar-refractivity contribution < 1.29 is 0 Å². The monoisotopic (exact) mass is 640 g/mol. The molecule has 3 aromatic heterocycles. The van der Waals surface area contributed by atoms with Gasteiger partial charge in [-0.1, -0.05) is 109 Å². The van der Waals surface area contributed by atoms with E-state index in [4.69, 9.17) is 0 Å². The maximum Gasteiger partial charge on any atom is 0.0634 e. The molecule has 0 bridgehead atoms. The molecule has 0 unspecified atom stereocenters. The second-order valence-corrected chi connectivity index (χ2v) is 14.1. The van der Waals surface area contributed by atoms with Gasteiger partial charge in [0.2, 0.25) is 0 Å². The van der Waals surface area contributed by atoms with E-state index < -0.39 is 0 Å². The van der Waals surface area contributed by atoms with Crippen LogP contribution in [0.2, 0.25) is 0 Å². The van der Waals surface area contributed by atoms with Gasteiger partial charge in [-0.05, 0) is 86.6 Å². The van der Waals surface area contributed by atoms with Crippen molar-refractivity contribution in [2.45, 2.75) is 0 Å². The summed E-state index contributed by atoms with van der Waals surface area (Å²) in [6.07, 6.45) is 4.53. The Labute approximate surface area is 286 Å². The van der Waals surface area contributed by atoms with E-state index in [-0.39, 0.29) is 0 Å². The first-order valence-corrected chi connectivity index (χ1v) is 17.6. The van der Waals surface area contributed by atoms with Gasteiger partial charge in [0.15, 0.2) is 0 Å². The van der Waals surface area contributed by atoms with Gasteiger partial charge in [0, 0.05) is 49.7 Å². The fourth-order valence-corrected chi connectivity index (χ4v) is 9.22. The standard InChI is InChI=1S/C46H28N2S/c1-3-10-31-26-33(17-16-29(31)8-1)34-19-21-37-41(28-34)38-22-24-47(35-20-18-30-9-2-4-11-32(30)27-35)44(38)40-23-25-48(45(37)40)42-14-7-13-39-36-12-5-6-15-43(36)49-46(39)42/h1-28H. The number of hydrogen-bond acceptors (Lipinski definition) is 1. The average molecular weight is 641 g/mol. The predicted octanol–water partition coefficient (Wildman–Crippen LogP) is 13.1. The van der Waals surface area contributed by atoms with Crippen LogP contribution in [0.15, 0.2) is 170 Å². The van der Waals surface area contributed by atoms with Crippen LogP contribution in [0, 0.1) is 0 Å². The van der Waals surface area contributed by atoms with Crippen molar-refractivity contribution in [3.8, 4) is 22.5 Å². The zero-order valence-corrected chi connectivity index (χ0v) is 27.3. The summed E-state index contributed by atoms with van der Waals surface area (Å²) >= 11 is 1.88. The Morgan fingerprint density at radius 1 is 0.367 bits per heavy atom. The van der Waals surface area contributed by atoms with Gasteiger partial charge in [-0.15, -0.1) is 11.3 Å². The second kappa shape index (κ2) is 10.2. The van der Waals surface area contributed by atoms with Gasteiger partial charge in [-0.3, -0.25) is 0 Å². The van der Waals surface area contributed by atoms with Crippen molar-refractivity contribution in [1.82, 2.24) is 9.13 Å². The second-order valence-electron chi connectivity index (χ2n) is 13.0. The van der Waals surface area contributed by atoms with E-state index in [0.717, 1.165) is 0 Å².